The molecular weight excluding hydrogens is 352 g/mol. The van der Waals surface area contributed by atoms with Gasteiger partial charge in [0.1, 0.15) is 0 Å². The first kappa shape index (κ1) is 12.5. The zero-order chi connectivity index (χ0) is 12.6. The van der Waals surface area contributed by atoms with Gasteiger partial charge in [-0.2, -0.15) is 0 Å². The molecule has 0 amide bonds. The molecule has 1 atom stereocenters. The molecule has 0 bridgehead atoms. The first-order valence-corrected chi connectivity index (χ1v) is 6.39. The van der Waals surface area contributed by atoms with E-state index in [-0.39, 0.29) is 5.78 Å². The number of methoxy groups -OCH3 is 1. The zero-order valence-electron chi connectivity index (χ0n) is 8.87. The molecule has 0 N–H and O–H groups in total. The van der Waals surface area contributed by atoms with E-state index < -0.39 is 10.3 Å². The van der Waals surface area contributed by atoms with Gasteiger partial charge in [-0.15, -0.1) is 0 Å². The molecule has 0 aliphatic heterocycles. The molecule has 0 saturated carbocycles. The maximum absolute atomic E-state index is 12.0. The van der Waals surface area contributed by atoms with Crippen molar-refractivity contribution in [2.45, 2.75) is 4.32 Å². The Morgan fingerprint density at radius 2 is 2.00 bits per heavy atom. The van der Waals surface area contributed by atoms with E-state index in [1.165, 1.54) is 13.2 Å². The van der Waals surface area contributed by atoms with Gasteiger partial charge in [0.2, 0.25) is 4.32 Å². The van der Waals surface area contributed by atoms with Gasteiger partial charge >= 0.3 is 5.97 Å². The van der Waals surface area contributed by atoms with Crippen LogP contribution in [0.5, 0.6) is 0 Å². The van der Waals surface area contributed by atoms with Crippen molar-refractivity contribution in [3.8, 4) is 0 Å². The van der Waals surface area contributed by atoms with Gasteiger partial charge in [0.05, 0.1) is 7.11 Å². The summed E-state index contributed by atoms with van der Waals surface area (Å²) in [5, 5.41) is 0. The van der Waals surface area contributed by atoms with E-state index in [4.69, 9.17) is 4.74 Å². The van der Waals surface area contributed by atoms with Crippen LogP contribution in [0.25, 0.3) is 4.48 Å². The summed E-state index contributed by atoms with van der Waals surface area (Å²) in [7, 11) is 1.26. The van der Waals surface area contributed by atoms with E-state index in [1.807, 2.05) is 12.1 Å². The van der Waals surface area contributed by atoms with E-state index >= 15 is 0 Å². The fraction of sp³-hybridized carbons (Fsp3) is 0.167. The number of ketones is 1. The molecule has 17 heavy (non-hydrogen) atoms. The summed E-state index contributed by atoms with van der Waals surface area (Å²) in [4.78, 5) is 23.9. The average Bonchev–Trinajstić information content (AvgIpc) is 2.35. The molecule has 2 rings (SSSR count). The Bertz CT molecular complexity index is 536. The molecule has 88 valence electrons. The van der Waals surface area contributed by atoms with Gasteiger partial charge in [-0.3, -0.25) is 4.79 Å². The fourth-order valence-electron chi connectivity index (χ4n) is 1.77. The Balaban J connectivity index is 2.71. The van der Waals surface area contributed by atoms with Crippen LogP contribution in [-0.2, 0) is 18.7 Å². The molecule has 0 fully saturated rings. The third-order valence-electron chi connectivity index (χ3n) is 2.62. The Kier molecular flexibility index (Phi) is 3.23. The van der Waals surface area contributed by atoms with Gasteiger partial charge in [-0.25, -0.2) is 4.79 Å². The molecule has 1 aliphatic carbocycles. The molecule has 3 nitrogen and oxygen atoms in total. The maximum Gasteiger partial charge on any atom is 0.335 e. The summed E-state index contributed by atoms with van der Waals surface area (Å²) in [5.41, 5.74) is 1.39. The highest BCUT2D eigenvalue weighted by atomic mass is 79.9. The topological polar surface area (TPSA) is 43.4 Å². The summed E-state index contributed by atoms with van der Waals surface area (Å²) in [6.07, 6.45) is 1.38. The summed E-state index contributed by atoms with van der Waals surface area (Å²) < 4.78 is 3.93. The monoisotopic (exact) mass is 358 g/mol. The summed E-state index contributed by atoms with van der Waals surface area (Å²) in [6.45, 7) is 0. The van der Waals surface area contributed by atoms with Gasteiger partial charge in [0, 0.05) is 4.48 Å². The summed E-state index contributed by atoms with van der Waals surface area (Å²) in [6, 6.07) is 7.18. The lowest BCUT2D eigenvalue weighted by atomic mass is 9.86. The number of allylic oxidation sites excluding steroid dienone is 1. The summed E-state index contributed by atoms with van der Waals surface area (Å²) in [5.74, 6) is -0.971. The number of fused-ring (bicyclic) bond motifs is 1. The third kappa shape index (κ3) is 1.77. The van der Waals surface area contributed by atoms with Crippen LogP contribution in [0, 0.1) is 0 Å². The zero-order valence-corrected chi connectivity index (χ0v) is 12.0. The van der Waals surface area contributed by atoms with Crippen LogP contribution in [-0.4, -0.2) is 18.9 Å². The molecule has 0 heterocycles. The van der Waals surface area contributed by atoms with Gasteiger partial charge < -0.3 is 4.74 Å². The van der Waals surface area contributed by atoms with Crippen LogP contribution in [0.4, 0.5) is 0 Å². The van der Waals surface area contributed by atoms with Crippen molar-refractivity contribution in [1.29, 1.82) is 0 Å². The van der Waals surface area contributed by atoms with Crippen LogP contribution in [0.3, 0.4) is 0 Å². The second-order valence-corrected chi connectivity index (χ2v) is 5.60. The standard InChI is InChI=1S/C12H8Br2O3/c1-17-11(16)12(14)8-5-3-2-4-7(8)9(13)6-10(12)15/h2-6H,1H3/t12-/m1/s1. The quantitative estimate of drug-likeness (QED) is 0.440. The van der Waals surface area contributed by atoms with Crippen LogP contribution in [0.1, 0.15) is 11.1 Å². The van der Waals surface area contributed by atoms with Gasteiger partial charge in [-0.1, -0.05) is 56.1 Å². The molecule has 0 spiro atoms. The second kappa shape index (κ2) is 4.38. The van der Waals surface area contributed by atoms with E-state index in [0.717, 1.165) is 5.56 Å². The molecule has 0 saturated heterocycles. The predicted octanol–water partition coefficient (Wildman–Crippen LogP) is 2.77. The Morgan fingerprint density at radius 3 is 2.65 bits per heavy atom. The van der Waals surface area contributed by atoms with Crippen molar-refractivity contribution in [1.82, 2.24) is 0 Å². The van der Waals surface area contributed by atoms with E-state index in [9.17, 15) is 9.59 Å². The highest BCUT2D eigenvalue weighted by Gasteiger charge is 2.48. The van der Waals surface area contributed by atoms with Crippen LogP contribution < -0.4 is 0 Å². The Labute approximate surface area is 115 Å². The van der Waals surface area contributed by atoms with Crippen LogP contribution >= 0.6 is 31.9 Å². The van der Waals surface area contributed by atoms with E-state index in [2.05, 4.69) is 31.9 Å². The minimum absolute atomic E-state index is 0.352. The number of ether oxygens (including phenoxy) is 1. The summed E-state index contributed by atoms with van der Waals surface area (Å²) >= 11 is 6.54. The number of halogens is 2. The number of rotatable bonds is 1. The minimum Gasteiger partial charge on any atom is -0.467 e. The number of hydrogen-bond donors (Lipinski definition) is 0. The lowest BCUT2D eigenvalue weighted by Gasteiger charge is -2.28. The van der Waals surface area contributed by atoms with Gasteiger partial charge in [0.25, 0.3) is 0 Å². The molecule has 0 unspecified atom stereocenters. The lowest BCUT2D eigenvalue weighted by molar-refractivity contribution is -0.146. The van der Waals surface area contributed by atoms with Crippen molar-refractivity contribution in [2.75, 3.05) is 7.11 Å². The van der Waals surface area contributed by atoms with E-state index in [0.29, 0.717) is 10.0 Å². The smallest absolute Gasteiger partial charge is 0.335 e. The molecule has 1 aliphatic rings. The van der Waals surface area contributed by atoms with Crippen molar-refractivity contribution in [3.63, 3.8) is 0 Å². The highest BCUT2D eigenvalue weighted by molar-refractivity contribution is 9.15. The second-order valence-electron chi connectivity index (χ2n) is 3.55. The normalized spacial score (nSPS) is 22.8. The number of carbonyl (C=O) groups excluding carboxylic acids is 2. The minimum atomic E-state index is -1.43. The predicted molar refractivity (Wildman–Crippen MR) is 71.0 cm³/mol. The fourth-order valence-corrected chi connectivity index (χ4v) is 2.94. The number of esters is 1. The number of hydrogen-bond acceptors (Lipinski definition) is 3. The largest absolute Gasteiger partial charge is 0.467 e. The molecular formula is C12H8Br2O3. The van der Waals surface area contributed by atoms with Gasteiger partial charge in [0.15, 0.2) is 5.78 Å². The van der Waals surface area contributed by atoms with Crippen LogP contribution in [0.2, 0.25) is 0 Å². The molecule has 1 aromatic rings. The SMILES string of the molecule is COC(=O)[C@]1(Br)C(=O)C=C(Br)c2ccccc21. The molecule has 1 aromatic carbocycles. The lowest BCUT2D eigenvalue weighted by Crippen LogP contribution is -2.40. The van der Waals surface area contributed by atoms with Crippen molar-refractivity contribution >= 4 is 48.1 Å². The number of carbonyl (C=O) groups is 2. The van der Waals surface area contributed by atoms with Crippen LogP contribution in [0.15, 0.2) is 30.3 Å². The maximum atomic E-state index is 12.0. The molecule has 0 aromatic heterocycles. The average molecular weight is 360 g/mol. The van der Waals surface area contributed by atoms with Crippen molar-refractivity contribution in [2.24, 2.45) is 0 Å². The Morgan fingerprint density at radius 1 is 1.35 bits per heavy atom. The first-order valence-electron chi connectivity index (χ1n) is 4.80. The first-order chi connectivity index (χ1) is 8.01. The number of alkyl halides is 1. The molecule has 5 heteroatoms. The Hall–Kier alpha value is -0.940. The van der Waals surface area contributed by atoms with E-state index in [1.54, 1.807) is 12.1 Å². The molecule has 0 radical (unpaired) electrons. The van der Waals surface area contributed by atoms with Crippen molar-refractivity contribution in [3.05, 3.63) is 41.5 Å². The van der Waals surface area contributed by atoms with Crippen molar-refractivity contribution < 1.29 is 14.3 Å². The highest BCUT2D eigenvalue weighted by Crippen LogP contribution is 2.44. The van der Waals surface area contributed by atoms with Gasteiger partial charge in [-0.05, 0) is 17.2 Å². The number of benzene rings is 1. The third-order valence-corrected chi connectivity index (χ3v) is 4.42.